The second-order valence-electron chi connectivity index (χ2n) is 7.85. The van der Waals surface area contributed by atoms with Crippen molar-refractivity contribution in [3.05, 3.63) is 12.3 Å². The highest BCUT2D eigenvalue weighted by molar-refractivity contribution is 7.48. The number of fused-ring (bicyclic) bond motifs is 1. The lowest BCUT2D eigenvalue weighted by Crippen LogP contribution is -2.60. The molecule has 3 aliphatic rings. The van der Waals surface area contributed by atoms with Crippen molar-refractivity contribution in [2.75, 3.05) is 26.4 Å². The molecule has 0 aromatic carbocycles. The number of amides is 1. The van der Waals surface area contributed by atoms with E-state index in [1.165, 1.54) is 17.2 Å². The lowest BCUT2D eigenvalue weighted by molar-refractivity contribution is -0.153. The van der Waals surface area contributed by atoms with Crippen molar-refractivity contribution in [1.29, 1.82) is 0 Å². The zero-order valence-corrected chi connectivity index (χ0v) is 18.4. The van der Waals surface area contributed by atoms with Crippen LogP contribution in [0, 0.1) is 0 Å². The molecule has 3 rings (SSSR count). The first-order chi connectivity index (χ1) is 14.5. The summed E-state index contributed by atoms with van der Waals surface area (Å²) in [5, 5.41) is 0. The van der Waals surface area contributed by atoms with Gasteiger partial charge in [0, 0.05) is 6.20 Å². The summed E-state index contributed by atoms with van der Waals surface area (Å²) in [7, 11) is -3.97. The molecule has 0 aliphatic carbocycles. The van der Waals surface area contributed by atoms with Gasteiger partial charge in [-0.3, -0.25) is 28.1 Å². The highest BCUT2D eigenvalue weighted by atomic mass is 31.2. The highest BCUT2D eigenvalue weighted by Crippen LogP contribution is 2.57. The SMILES string of the molecule is CC(C)OC(=O)COCCO[P@@]1(=O)OC[C@H]2O[C@@H](N3C=CC(=O)CC3=O)[C@](C)(N)[C@@H]2O1. The molecule has 2 fully saturated rings. The number of nitrogens with zero attached hydrogens (tertiary/aromatic N) is 1. The van der Waals surface area contributed by atoms with Crippen molar-refractivity contribution in [2.24, 2.45) is 5.73 Å². The number of carbonyl (C=O) groups excluding carboxylic acids is 3. The Balaban J connectivity index is 1.54. The van der Waals surface area contributed by atoms with Gasteiger partial charge in [-0.1, -0.05) is 0 Å². The lowest BCUT2D eigenvalue weighted by atomic mass is 9.92. The Morgan fingerprint density at radius 1 is 1.39 bits per heavy atom. The summed E-state index contributed by atoms with van der Waals surface area (Å²) < 4.78 is 44.7. The van der Waals surface area contributed by atoms with Crippen LogP contribution in [0.25, 0.3) is 0 Å². The van der Waals surface area contributed by atoms with Crippen molar-refractivity contribution >= 4 is 25.5 Å². The van der Waals surface area contributed by atoms with Crippen molar-refractivity contribution in [2.45, 2.75) is 57.3 Å². The molecule has 13 heteroatoms. The van der Waals surface area contributed by atoms with Crippen LogP contribution in [-0.2, 0) is 46.7 Å². The predicted octanol–water partition coefficient (Wildman–Crippen LogP) is 0.252. The third kappa shape index (κ3) is 5.58. The minimum Gasteiger partial charge on any atom is -0.461 e. The molecule has 174 valence electrons. The van der Waals surface area contributed by atoms with Gasteiger partial charge < -0.3 is 19.9 Å². The fraction of sp³-hybridized carbons (Fsp3) is 0.722. The number of hydrogen-bond acceptors (Lipinski definition) is 11. The predicted molar refractivity (Wildman–Crippen MR) is 103 cm³/mol. The van der Waals surface area contributed by atoms with Gasteiger partial charge in [-0.25, -0.2) is 9.36 Å². The molecule has 0 saturated carbocycles. The number of ketones is 1. The molecule has 0 aromatic heterocycles. The van der Waals surface area contributed by atoms with Gasteiger partial charge in [0.15, 0.2) is 12.0 Å². The molecule has 0 spiro atoms. The second-order valence-corrected chi connectivity index (χ2v) is 9.47. The molecule has 0 aromatic rings. The van der Waals surface area contributed by atoms with Crippen molar-refractivity contribution in [1.82, 2.24) is 4.90 Å². The Kier molecular flexibility index (Phi) is 7.32. The average Bonchev–Trinajstić information content (AvgIpc) is 2.91. The lowest BCUT2D eigenvalue weighted by Gasteiger charge is -2.38. The fourth-order valence-electron chi connectivity index (χ4n) is 3.42. The minimum atomic E-state index is -3.97. The minimum absolute atomic E-state index is 0.0435. The van der Waals surface area contributed by atoms with Gasteiger partial charge >= 0.3 is 13.8 Å². The van der Waals surface area contributed by atoms with Crippen molar-refractivity contribution in [3.8, 4) is 0 Å². The number of ether oxygens (including phenoxy) is 3. The fourth-order valence-corrected chi connectivity index (χ4v) is 4.88. The van der Waals surface area contributed by atoms with Gasteiger partial charge in [0.05, 0.1) is 37.9 Å². The van der Waals surface area contributed by atoms with Crippen molar-refractivity contribution in [3.63, 3.8) is 0 Å². The van der Waals surface area contributed by atoms with Crippen LogP contribution < -0.4 is 5.73 Å². The number of phosphoric ester groups is 1. The smallest absolute Gasteiger partial charge is 0.461 e. The first kappa shape index (κ1) is 24.0. The monoisotopic (exact) mass is 462 g/mol. The Hall–Kier alpha value is -1.66. The quantitative estimate of drug-likeness (QED) is 0.229. The molecule has 3 aliphatic heterocycles. The molecular weight excluding hydrogens is 435 g/mol. The third-order valence-corrected chi connectivity index (χ3v) is 6.23. The van der Waals surface area contributed by atoms with E-state index in [9.17, 15) is 18.9 Å². The number of nitrogens with two attached hydrogens (primary N) is 1. The number of carbonyl (C=O) groups is 3. The Morgan fingerprint density at radius 2 is 2.13 bits per heavy atom. The number of allylic oxidation sites excluding steroid dienone is 1. The molecule has 3 heterocycles. The zero-order chi connectivity index (χ0) is 22.8. The third-order valence-electron chi connectivity index (χ3n) is 4.78. The van der Waals surface area contributed by atoms with Crippen molar-refractivity contribution < 1.29 is 46.7 Å². The van der Waals surface area contributed by atoms with Crippen LogP contribution in [-0.4, -0.2) is 79.1 Å². The van der Waals surface area contributed by atoms with E-state index in [1.54, 1.807) is 20.8 Å². The van der Waals surface area contributed by atoms with Crippen LogP contribution in [0.1, 0.15) is 27.2 Å². The molecule has 0 unspecified atom stereocenters. The van der Waals surface area contributed by atoms with E-state index >= 15 is 0 Å². The van der Waals surface area contributed by atoms with E-state index in [0.29, 0.717) is 0 Å². The van der Waals surface area contributed by atoms with Crippen LogP contribution in [0.3, 0.4) is 0 Å². The average molecular weight is 462 g/mol. The molecule has 0 radical (unpaired) electrons. The van der Waals surface area contributed by atoms with E-state index in [-0.39, 0.29) is 44.7 Å². The van der Waals surface area contributed by atoms with Gasteiger partial charge in [-0.05, 0) is 26.8 Å². The summed E-state index contributed by atoms with van der Waals surface area (Å²) in [5.74, 6) is -1.29. The molecule has 2 N–H and O–H groups in total. The molecule has 1 amide bonds. The summed E-state index contributed by atoms with van der Waals surface area (Å²) >= 11 is 0. The largest absolute Gasteiger partial charge is 0.475 e. The van der Waals surface area contributed by atoms with E-state index < -0.39 is 43.7 Å². The van der Waals surface area contributed by atoms with E-state index in [2.05, 4.69) is 0 Å². The van der Waals surface area contributed by atoms with Crippen LogP contribution in [0.4, 0.5) is 0 Å². The normalized spacial score (nSPS) is 35.5. The van der Waals surface area contributed by atoms with Gasteiger partial charge in [-0.15, -0.1) is 0 Å². The van der Waals surface area contributed by atoms with Crippen LogP contribution in [0.2, 0.25) is 0 Å². The Labute approximate surface area is 179 Å². The first-order valence-corrected chi connectivity index (χ1v) is 11.3. The van der Waals surface area contributed by atoms with Gasteiger partial charge in [-0.2, -0.15) is 0 Å². The zero-order valence-electron chi connectivity index (χ0n) is 17.6. The Bertz CT molecular complexity index is 798. The summed E-state index contributed by atoms with van der Waals surface area (Å²) in [5.41, 5.74) is 5.14. The van der Waals surface area contributed by atoms with Gasteiger partial charge in [0.1, 0.15) is 18.8 Å². The maximum Gasteiger partial charge on any atom is 0.475 e. The standard InChI is InChI=1S/C18H27N2O10P/c1-11(2)28-15(23)10-25-6-7-26-31(24)27-9-13-16(30-31)18(3,19)17(29-13)20-5-4-12(21)8-14(20)22/h4-5,11,13,16-17H,6-10,19H2,1-3H3/t13-,16-,17-,18-,31+/m1/s1. The number of rotatable bonds is 8. The summed E-state index contributed by atoms with van der Waals surface area (Å²) in [6, 6.07) is 0. The summed E-state index contributed by atoms with van der Waals surface area (Å²) in [6.45, 7) is 4.43. The number of hydrogen-bond donors (Lipinski definition) is 1. The van der Waals surface area contributed by atoms with Gasteiger partial charge in [0.25, 0.3) is 0 Å². The molecule has 5 atom stereocenters. The summed E-state index contributed by atoms with van der Waals surface area (Å²) in [6.07, 6.45) is -0.468. The number of phosphoric acid groups is 1. The van der Waals surface area contributed by atoms with E-state index in [0.717, 1.165) is 0 Å². The van der Waals surface area contributed by atoms with Crippen LogP contribution in [0.15, 0.2) is 12.3 Å². The van der Waals surface area contributed by atoms with E-state index in [1.807, 2.05) is 0 Å². The topological polar surface area (TPSA) is 153 Å². The van der Waals surface area contributed by atoms with Crippen LogP contribution in [0.5, 0.6) is 0 Å². The highest BCUT2D eigenvalue weighted by Gasteiger charge is 2.60. The Morgan fingerprint density at radius 3 is 2.81 bits per heavy atom. The second kappa shape index (κ2) is 9.45. The molecule has 2 saturated heterocycles. The molecule has 12 nitrogen and oxygen atoms in total. The summed E-state index contributed by atoms with van der Waals surface area (Å²) in [4.78, 5) is 36.3. The molecular formula is C18H27N2O10P. The number of esters is 1. The van der Waals surface area contributed by atoms with E-state index in [4.69, 9.17) is 33.5 Å². The molecule has 0 bridgehead atoms. The van der Waals surface area contributed by atoms with Crippen LogP contribution >= 0.6 is 7.82 Å². The maximum absolute atomic E-state index is 12.8. The molecule has 31 heavy (non-hydrogen) atoms. The first-order valence-electron chi connectivity index (χ1n) is 9.83. The van der Waals surface area contributed by atoms with Gasteiger partial charge in [0.2, 0.25) is 5.91 Å². The maximum atomic E-state index is 12.8.